The zero-order chi connectivity index (χ0) is 30.9. The lowest BCUT2D eigenvalue weighted by Gasteiger charge is -2.13. The second kappa shape index (κ2) is 9.99. The van der Waals surface area contributed by atoms with E-state index in [1.54, 1.807) is 0 Å². The second-order valence-corrected chi connectivity index (χ2v) is 11.7. The van der Waals surface area contributed by atoms with Gasteiger partial charge in [-0.05, 0) is 60.0 Å². The van der Waals surface area contributed by atoms with Crippen LogP contribution in [-0.2, 0) is 0 Å². The Morgan fingerprint density at radius 3 is 1.98 bits per heavy atom. The maximum atomic E-state index is 6.60. The fourth-order valence-corrected chi connectivity index (χ4v) is 7.01. The minimum absolute atomic E-state index is 0.722. The van der Waals surface area contributed by atoms with Crippen LogP contribution in [0.1, 0.15) is 0 Å². The summed E-state index contributed by atoms with van der Waals surface area (Å²) >= 11 is 0. The molecule has 220 valence electrons. The zero-order valence-corrected chi connectivity index (χ0v) is 25.1. The monoisotopic (exact) mass is 603 g/mol. The van der Waals surface area contributed by atoms with Gasteiger partial charge in [-0.2, -0.15) is 0 Å². The molecule has 5 aromatic carbocycles. The van der Waals surface area contributed by atoms with Crippen LogP contribution in [0.25, 0.3) is 77.3 Å². The number of rotatable bonds is 4. The van der Waals surface area contributed by atoms with Crippen molar-refractivity contribution in [3.05, 3.63) is 152 Å². The molecule has 0 saturated carbocycles. The highest BCUT2D eigenvalue weighted by atomic mass is 16.5. The van der Waals surface area contributed by atoms with Crippen molar-refractivity contribution < 1.29 is 4.74 Å². The summed E-state index contributed by atoms with van der Waals surface area (Å²) < 4.78 is 11.0. The van der Waals surface area contributed by atoms with E-state index in [1.165, 1.54) is 5.39 Å². The van der Waals surface area contributed by atoms with Crippen molar-refractivity contribution >= 4 is 54.8 Å². The molecule has 5 aromatic heterocycles. The number of imidazole rings is 2. The summed E-state index contributed by atoms with van der Waals surface area (Å²) in [6, 6.07) is 45.8. The number of benzene rings is 5. The molecule has 0 unspecified atom stereocenters. The Labute approximate surface area is 268 Å². The summed E-state index contributed by atoms with van der Waals surface area (Å²) in [5, 5.41) is 5.35. The molecule has 0 amide bonds. The number of hydrogen-bond donors (Lipinski definition) is 0. The van der Waals surface area contributed by atoms with E-state index in [-0.39, 0.29) is 0 Å². The number of pyridine rings is 3. The number of fused-ring (bicyclic) bond motifs is 12. The average Bonchev–Trinajstić information content (AvgIpc) is 3.80. The van der Waals surface area contributed by atoms with E-state index < -0.39 is 0 Å². The fraction of sp³-hybridized carbons (Fsp3) is 0. The smallest absolute Gasteiger partial charge is 0.146 e. The summed E-state index contributed by atoms with van der Waals surface area (Å²) in [5.74, 6) is 1.46. The molecule has 0 spiro atoms. The van der Waals surface area contributed by atoms with E-state index in [2.05, 4.69) is 112 Å². The van der Waals surface area contributed by atoms with Crippen LogP contribution in [-0.4, -0.2) is 23.8 Å². The molecular formula is C41H25N5O. The van der Waals surface area contributed by atoms with Gasteiger partial charge in [0.1, 0.15) is 22.8 Å². The van der Waals surface area contributed by atoms with Gasteiger partial charge in [0.05, 0.1) is 27.9 Å². The van der Waals surface area contributed by atoms with Gasteiger partial charge in [-0.25, -0.2) is 9.97 Å². The van der Waals surface area contributed by atoms with Crippen molar-refractivity contribution in [1.29, 1.82) is 0 Å². The molecule has 10 aromatic rings. The van der Waals surface area contributed by atoms with E-state index in [0.29, 0.717) is 0 Å². The Kier molecular flexibility index (Phi) is 5.48. The molecule has 6 heteroatoms. The highest BCUT2D eigenvalue weighted by Crippen LogP contribution is 2.40. The number of para-hydroxylation sites is 1. The minimum Gasteiger partial charge on any atom is -0.457 e. The number of aromatic nitrogens is 5. The first-order chi connectivity index (χ1) is 23.3. The third kappa shape index (κ3) is 3.88. The molecule has 0 saturated heterocycles. The van der Waals surface area contributed by atoms with E-state index in [1.807, 2.05) is 48.9 Å². The van der Waals surface area contributed by atoms with E-state index in [4.69, 9.17) is 19.7 Å². The number of ether oxygens (including phenoxy) is 1. The van der Waals surface area contributed by atoms with Gasteiger partial charge in [-0.3, -0.25) is 13.8 Å². The summed E-state index contributed by atoms with van der Waals surface area (Å²) in [6.07, 6.45) is 5.71. The molecule has 0 atom stereocenters. The van der Waals surface area contributed by atoms with Gasteiger partial charge in [-0.1, -0.05) is 78.9 Å². The van der Waals surface area contributed by atoms with Crippen LogP contribution in [0.5, 0.6) is 11.5 Å². The first-order valence-electron chi connectivity index (χ1n) is 15.6. The van der Waals surface area contributed by atoms with E-state index in [9.17, 15) is 0 Å². The largest absolute Gasteiger partial charge is 0.457 e. The fourth-order valence-electron chi connectivity index (χ4n) is 7.01. The third-order valence-corrected chi connectivity index (χ3v) is 9.05. The topological polar surface area (TPSA) is 56.7 Å². The minimum atomic E-state index is 0.722. The molecule has 0 aliphatic carbocycles. The molecular weight excluding hydrogens is 578 g/mol. The Morgan fingerprint density at radius 2 is 1.17 bits per heavy atom. The maximum Gasteiger partial charge on any atom is 0.146 e. The summed E-state index contributed by atoms with van der Waals surface area (Å²) in [6.45, 7) is 0. The highest BCUT2D eigenvalue weighted by molar-refractivity contribution is 6.13. The van der Waals surface area contributed by atoms with Crippen LogP contribution in [0, 0.1) is 0 Å². The van der Waals surface area contributed by atoms with Crippen molar-refractivity contribution in [2.75, 3.05) is 0 Å². The second-order valence-electron chi connectivity index (χ2n) is 11.7. The van der Waals surface area contributed by atoms with Crippen molar-refractivity contribution in [2.24, 2.45) is 0 Å². The van der Waals surface area contributed by atoms with Crippen molar-refractivity contribution in [2.45, 2.75) is 0 Å². The van der Waals surface area contributed by atoms with Crippen molar-refractivity contribution in [3.8, 4) is 34.0 Å². The molecule has 0 aliphatic heterocycles. The third-order valence-electron chi connectivity index (χ3n) is 9.05. The van der Waals surface area contributed by atoms with Gasteiger partial charge in [0.25, 0.3) is 0 Å². The predicted octanol–water partition coefficient (Wildman–Crippen LogP) is 10.1. The lowest BCUT2D eigenvalue weighted by molar-refractivity contribution is 0.484. The predicted molar refractivity (Wildman–Crippen MR) is 189 cm³/mol. The summed E-state index contributed by atoms with van der Waals surface area (Å²) in [7, 11) is 0. The van der Waals surface area contributed by atoms with Crippen molar-refractivity contribution in [3.63, 3.8) is 0 Å². The Hall–Kier alpha value is -6.53. The summed E-state index contributed by atoms with van der Waals surface area (Å²) in [5.41, 5.74) is 8.90. The van der Waals surface area contributed by atoms with Gasteiger partial charge in [-0.15, -0.1) is 0 Å². The Balaban J connectivity index is 1.21. The molecule has 0 fully saturated rings. The Morgan fingerprint density at radius 1 is 0.489 bits per heavy atom. The van der Waals surface area contributed by atoms with Crippen LogP contribution < -0.4 is 4.74 Å². The first-order valence-corrected chi connectivity index (χ1v) is 15.6. The van der Waals surface area contributed by atoms with Crippen LogP contribution in [0.2, 0.25) is 0 Å². The Bertz CT molecular complexity index is 2820. The zero-order valence-electron chi connectivity index (χ0n) is 25.1. The van der Waals surface area contributed by atoms with Gasteiger partial charge in [0, 0.05) is 51.3 Å². The lowest BCUT2D eigenvalue weighted by atomic mass is 10.0. The highest BCUT2D eigenvalue weighted by Gasteiger charge is 2.21. The lowest BCUT2D eigenvalue weighted by Crippen LogP contribution is -1.96. The molecule has 10 rings (SSSR count). The van der Waals surface area contributed by atoms with Crippen LogP contribution >= 0.6 is 0 Å². The van der Waals surface area contributed by atoms with Crippen LogP contribution in [0.4, 0.5) is 0 Å². The normalized spacial score (nSPS) is 11.8. The molecule has 0 radical (unpaired) electrons. The summed E-state index contributed by atoms with van der Waals surface area (Å²) in [4.78, 5) is 14.9. The molecule has 0 aliphatic rings. The molecule has 47 heavy (non-hydrogen) atoms. The molecule has 5 heterocycles. The van der Waals surface area contributed by atoms with E-state index in [0.717, 1.165) is 83.4 Å². The van der Waals surface area contributed by atoms with Gasteiger partial charge >= 0.3 is 0 Å². The maximum absolute atomic E-state index is 6.60. The number of hydrogen-bond acceptors (Lipinski definition) is 4. The quantitative estimate of drug-likeness (QED) is 0.188. The van der Waals surface area contributed by atoms with E-state index >= 15 is 0 Å². The van der Waals surface area contributed by atoms with Crippen LogP contribution in [0.15, 0.2) is 152 Å². The first kappa shape index (κ1) is 25.8. The average molecular weight is 604 g/mol. The molecule has 0 bridgehead atoms. The van der Waals surface area contributed by atoms with Gasteiger partial charge in [0.2, 0.25) is 0 Å². The van der Waals surface area contributed by atoms with Gasteiger partial charge in [0.15, 0.2) is 0 Å². The SMILES string of the molecule is c1ccc(-c2nc3c4cc(Oc5ccc6c7ccccc7n7ccnc7c6c5)ccc4c4ncccc4n3c2-c2ccccc2)cc1. The standard InChI is InChI=1S/C41H25N5O/c1-3-10-26(11-4-1)37-39(27-12-5-2-6-13-27)46-36-16-9-21-42-38(36)32-20-18-29(25-34(32)41(46)44-37)47-28-17-19-30-31-14-7-8-15-35(31)45-23-22-43-40(45)33(30)24-28/h1-25H. The molecule has 0 N–H and O–H groups in total. The number of nitrogens with zero attached hydrogens (tertiary/aromatic N) is 5. The van der Waals surface area contributed by atoms with Crippen molar-refractivity contribution in [1.82, 2.24) is 23.8 Å². The molecule has 6 nitrogen and oxygen atoms in total. The van der Waals surface area contributed by atoms with Gasteiger partial charge < -0.3 is 4.74 Å². The van der Waals surface area contributed by atoms with Crippen LogP contribution in [0.3, 0.4) is 0 Å².